The maximum absolute atomic E-state index is 9.80. The van der Waals surface area contributed by atoms with Gasteiger partial charge in [0.1, 0.15) is 0 Å². The van der Waals surface area contributed by atoms with E-state index in [0.717, 1.165) is 12.1 Å². The van der Waals surface area contributed by atoms with Gasteiger partial charge in [-0.3, -0.25) is 0 Å². The minimum absolute atomic E-state index is 0.0856. The molecule has 0 saturated carbocycles. The fraction of sp³-hybridized carbons (Fsp3) is 0.375. The molecule has 0 fully saturated rings. The van der Waals surface area contributed by atoms with Crippen LogP contribution in [0.15, 0.2) is 35.7 Å². The van der Waals surface area contributed by atoms with Crippen LogP contribution in [0.4, 0.5) is 0 Å². The first-order valence-electron chi connectivity index (χ1n) is 6.51. The molecule has 3 heteroatoms. The number of aliphatic hydroxyl groups is 1. The third-order valence-electron chi connectivity index (χ3n) is 3.53. The minimum Gasteiger partial charge on any atom is -0.394 e. The summed E-state index contributed by atoms with van der Waals surface area (Å²) in [7, 11) is 0. The van der Waals surface area contributed by atoms with Crippen molar-refractivity contribution in [3.63, 3.8) is 0 Å². The number of benzene rings is 1. The highest BCUT2D eigenvalue weighted by Gasteiger charge is 2.26. The Morgan fingerprint density at radius 2 is 2.05 bits per heavy atom. The van der Waals surface area contributed by atoms with Crippen molar-refractivity contribution < 1.29 is 5.11 Å². The Labute approximate surface area is 119 Å². The van der Waals surface area contributed by atoms with E-state index in [2.05, 4.69) is 61.8 Å². The smallest absolute Gasteiger partial charge is 0.0652 e. The van der Waals surface area contributed by atoms with Crippen LogP contribution in [0.2, 0.25) is 0 Å². The highest BCUT2D eigenvalue weighted by Crippen LogP contribution is 2.25. The van der Waals surface area contributed by atoms with E-state index in [4.69, 9.17) is 0 Å². The second kappa shape index (κ2) is 5.87. The van der Waals surface area contributed by atoms with Gasteiger partial charge in [0.25, 0.3) is 0 Å². The molecule has 2 nitrogen and oxygen atoms in total. The molecule has 0 spiro atoms. The van der Waals surface area contributed by atoms with E-state index in [-0.39, 0.29) is 6.61 Å². The third-order valence-corrected chi connectivity index (χ3v) is 4.40. The number of aliphatic hydroxyl groups excluding tert-OH is 1. The van der Waals surface area contributed by atoms with Gasteiger partial charge in [-0.15, -0.1) is 11.3 Å². The normalized spacial score (nSPS) is 14.3. The molecular weight excluding hydrogens is 254 g/mol. The lowest BCUT2D eigenvalue weighted by molar-refractivity contribution is 0.173. The van der Waals surface area contributed by atoms with Gasteiger partial charge >= 0.3 is 0 Å². The molecule has 0 aliphatic carbocycles. The van der Waals surface area contributed by atoms with Crippen LogP contribution in [0.25, 0.3) is 0 Å². The predicted octanol–water partition coefficient (Wildman–Crippen LogP) is 3.36. The van der Waals surface area contributed by atoms with Crippen molar-refractivity contribution in [3.8, 4) is 0 Å². The number of thiophene rings is 1. The summed E-state index contributed by atoms with van der Waals surface area (Å²) in [4.78, 5) is 1.28. The lowest BCUT2D eigenvalue weighted by Gasteiger charge is -2.31. The Balaban J connectivity index is 2.21. The van der Waals surface area contributed by atoms with Crippen LogP contribution < -0.4 is 5.32 Å². The molecule has 0 saturated heterocycles. The Hall–Kier alpha value is -1.16. The third kappa shape index (κ3) is 3.24. The first kappa shape index (κ1) is 14.3. The van der Waals surface area contributed by atoms with Gasteiger partial charge in [0.15, 0.2) is 0 Å². The number of aryl methyl sites for hydroxylation is 2. The minimum atomic E-state index is -0.401. The van der Waals surface area contributed by atoms with Crippen molar-refractivity contribution in [3.05, 3.63) is 57.3 Å². The highest BCUT2D eigenvalue weighted by atomic mass is 32.1. The first-order chi connectivity index (χ1) is 9.05. The zero-order valence-electron chi connectivity index (χ0n) is 11.7. The Kier molecular flexibility index (Phi) is 4.40. The zero-order valence-corrected chi connectivity index (χ0v) is 12.6. The van der Waals surface area contributed by atoms with E-state index < -0.39 is 5.54 Å². The SMILES string of the molecule is Cc1ccc(C(C)(CO)NCc2cccs2)c(C)c1. The molecule has 0 aliphatic heterocycles. The summed E-state index contributed by atoms with van der Waals surface area (Å²) in [6.07, 6.45) is 0. The molecule has 1 aromatic heterocycles. The van der Waals surface area contributed by atoms with Crippen LogP contribution in [0, 0.1) is 13.8 Å². The number of hydrogen-bond donors (Lipinski definition) is 2. The van der Waals surface area contributed by atoms with Crippen molar-refractivity contribution in [1.82, 2.24) is 5.32 Å². The van der Waals surface area contributed by atoms with E-state index in [1.54, 1.807) is 11.3 Å². The van der Waals surface area contributed by atoms with E-state index in [9.17, 15) is 5.11 Å². The maximum atomic E-state index is 9.80. The molecule has 0 bridgehead atoms. The van der Waals surface area contributed by atoms with Gasteiger partial charge < -0.3 is 10.4 Å². The van der Waals surface area contributed by atoms with Crippen LogP contribution in [0.5, 0.6) is 0 Å². The maximum Gasteiger partial charge on any atom is 0.0652 e. The second-order valence-electron chi connectivity index (χ2n) is 5.24. The fourth-order valence-corrected chi connectivity index (χ4v) is 3.01. The van der Waals surface area contributed by atoms with Crippen molar-refractivity contribution in [2.24, 2.45) is 0 Å². The average Bonchev–Trinajstić information content (AvgIpc) is 2.89. The lowest BCUT2D eigenvalue weighted by Crippen LogP contribution is -2.42. The summed E-state index contributed by atoms with van der Waals surface area (Å²) in [5.41, 5.74) is 3.23. The molecule has 1 unspecified atom stereocenters. The van der Waals surface area contributed by atoms with Crippen molar-refractivity contribution in [2.45, 2.75) is 32.9 Å². The quantitative estimate of drug-likeness (QED) is 0.877. The highest BCUT2D eigenvalue weighted by molar-refractivity contribution is 7.09. The van der Waals surface area contributed by atoms with Gasteiger partial charge in [0, 0.05) is 11.4 Å². The molecule has 1 aromatic carbocycles. The molecule has 102 valence electrons. The van der Waals surface area contributed by atoms with Crippen LogP contribution in [-0.2, 0) is 12.1 Å². The molecule has 2 N–H and O–H groups in total. The molecule has 1 atom stereocenters. The van der Waals surface area contributed by atoms with Crippen molar-refractivity contribution in [2.75, 3.05) is 6.61 Å². The first-order valence-corrected chi connectivity index (χ1v) is 7.39. The summed E-state index contributed by atoms with van der Waals surface area (Å²) in [5, 5.41) is 15.4. The zero-order chi connectivity index (χ0) is 13.9. The number of rotatable bonds is 5. The van der Waals surface area contributed by atoms with Crippen LogP contribution >= 0.6 is 11.3 Å². The van der Waals surface area contributed by atoms with E-state index >= 15 is 0 Å². The summed E-state index contributed by atoms with van der Waals surface area (Å²) >= 11 is 1.73. The Bertz CT molecular complexity index is 536. The summed E-state index contributed by atoms with van der Waals surface area (Å²) in [6, 6.07) is 10.5. The second-order valence-corrected chi connectivity index (χ2v) is 6.27. The topological polar surface area (TPSA) is 32.3 Å². The van der Waals surface area contributed by atoms with Crippen LogP contribution in [-0.4, -0.2) is 11.7 Å². The molecule has 2 rings (SSSR count). The fourth-order valence-electron chi connectivity index (χ4n) is 2.36. The molecular formula is C16H21NOS. The summed E-state index contributed by atoms with van der Waals surface area (Å²) in [6.45, 7) is 7.11. The monoisotopic (exact) mass is 275 g/mol. The van der Waals surface area contributed by atoms with E-state index in [1.165, 1.54) is 16.0 Å². The molecule has 0 aliphatic rings. The van der Waals surface area contributed by atoms with Gasteiger partial charge in [-0.05, 0) is 43.3 Å². The molecule has 19 heavy (non-hydrogen) atoms. The number of hydrogen-bond acceptors (Lipinski definition) is 3. The van der Waals surface area contributed by atoms with Gasteiger partial charge in [-0.1, -0.05) is 29.8 Å². The van der Waals surface area contributed by atoms with Crippen molar-refractivity contribution in [1.29, 1.82) is 0 Å². The van der Waals surface area contributed by atoms with Crippen LogP contribution in [0.3, 0.4) is 0 Å². The standard InChI is InChI=1S/C16H21NOS/c1-12-6-7-15(13(2)9-12)16(3,11-18)17-10-14-5-4-8-19-14/h4-9,17-18H,10-11H2,1-3H3. The number of nitrogens with one attached hydrogen (secondary N) is 1. The van der Waals surface area contributed by atoms with Crippen LogP contribution in [0.1, 0.15) is 28.5 Å². The predicted molar refractivity (Wildman–Crippen MR) is 81.5 cm³/mol. The van der Waals surface area contributed by atoms with Crippen molar-refractivity contribution >= 4 is 11.3 Å². The molecule has 0 amide bonds. The molecule has 0 radical (unpaired) electrons. The van der Waals surface area contributed by atoms with Gasteiger partial charge in [-0.25, -0.2) is 0 Å². The lowest BCUT2D eigenvalue weighted by atomic mass is 9.88. The molecule has 2 aromatic rings. The van der Waals surface area contributed by atoms with Gasteiger partial charge in [0.2, 0.25) is 0 Å². The largest absolute Gasteiger partial charge is 0.394 e. The summed E-state index contributed by atoms with van der Waals surface area (Å²) < 4.78 is 0. The molecule has 1 heterocycles. The Morgan fingerprint density at radius 1 is 1.26 bits per heavy atom. The average molecular weight is 275 g/mol. The van der Waals surface area contributed by atoms with E-state index in [1.807, 2.05) is 0 Å². The van der Waals surface area contributed by atoms with Gasteiger partial charge in [-0.2, -0.15) is 0 Å². The van der Waals surface area contributed by atoms with Gasteiger partial charge in [0.05, 0.1) is 12.1 Å². The Morgan fingerprint density at radius 3 is 2.63 bits per heavy atom. The summed E-state index contributed by atoms with van der Waals surface area (Å²) in [5.74, 6) is 0. The van der Waals surface area contributed by atoms with E-state index in [0.29, 0.717) is 0 Å².